The number of hydrogen-bond acceptors (Lipinski definition) is 5. The van der Waals surface area contributed by atoms with Crippen LogP contribution in [-0.2, 0) is 6.54 Å². The van der Waals surface area contributed by atoms with Gasteiger partial charge in [0.1, 0.15) is 11.3 Å². The van der Waals surface area contributed by atoms with Crippen LogP contribution < -0.4 is 9.64 Å². The molecule has 0 radical (unpaired) electrons. The van der Waals surface area contributed by atoms with Crippen LogP contribution in [0.4, 0.5) is 5.13 Å². The van der Waals surface area contributed by atoms with Crippen molar-refractivity contribution in [2.24, 2.45) is 0 Å². The lowest BCUT2D eigenvalue weighted by molar-refractivity contribution is 0.419. The number of para-hydroxylation sites is 1. The molecule has 3 aromatic rings. The summed E-state index contributed by atoms with van der Waals surface area (Å²) in [6.45, 7) is 0.810. The minimum atomic E-state index is 0.810. The molecule has 0 saturated heterocycles. The van der Waals surface area contributed by atoms with E-state index in [0.717, 1.165) is 27.6 Å². The molecule has 0 saturated carbocycles. The number of aromatic nitrogens is 2. The summed E-state index contributed by atoms with van der Waals surface area (Å²) in [4.78, 5) is 10.9. The third kappa shape index (κ3) is 2.44. The third-order valence-corrected chi connectivity index (χ3v) is 4.22. The summed E-state index contributed by atoms with van der Waals surface area (Å²) >= 11 is 1.67. The van der Waals surface area contributed by atoms with E-state index in [4.69, 9.17) is 4.74 Å². The van der Waals surface area contributed by atoms with E-state index < -0.39 is 0 Å². The van der Waals surface area contributed by atoms with Crippen LogP contribution in [-0.4, -0.2) is 24.1 Å². The average Bonchev–Trinajstić information content (AvgIpc) is 2.92. The van der Waals surface area contributed by atoms with Crippen molar-refractivity contribution in [1.82, 2.24) is 9.97 Å². The summed E-state index contributed by atoms with van der Waals surface area (Å²) in [5, 5.41) is 0.987. The zero-order valence-corrected chi connectivity index (χ0v) is 12.2. The molecule has 4 nitrogen and oxygen atoms in total. The normalized spacial score (nSPS) is 10.7. The van der Waals surface area contributed by atoms with E-state index >= 15 is 0 Å². The van der Waals surface area contributed by atoms with Crippen molar-refractivity contribution in [3.63, 3.8) is 0 Å². The van der Waals surface area contributed by atoms with E-state index in [1.807, 2.05) is 43.7 Å². The van der Waals surface area contributed by atoms with E-state index in [0.29, 0.717) is 0 Å². The standard InChI is InChI=1S/C15H15N3OS/c1-18(10-11-6-8-16-9-7-11)15-17-14-12(19-2)4-3-5-13(14)20-15/h3-9H,10H2,1-2H3. The number of hydrogen-bond donors (Lipinski definition) is 0. The molecule has 0 unspecified atom stereocenters. The Balaban J connectivity index is 1.90. The summed E-state index contributed by atoms with van der Waals surface area (Å²) < 4.78 is 6.50. The lowest BCUT2D eigenvalue weighted by atomic mass is 10.2. The quantitative estimate of drug-likeness (QED) is 0.737. The second-order valence-corrected chi connectivity index (χ2v) is 5.52. The molecule has 0 aliphatic rings. The lowest BCUT2D eigenvalue weighted by Gasteiger charge is -2.15. The van der Waals surface area contributed by atoms with Crippen molar-refractivity contribution in [1.29, 1.82) is 0 Å². The number of methoxy groups -OCH3 is 1. The number of pyridine rings is 1. The first-order valence-corrected chi connectivity index (χ1v) is 7.13. The summed E-state index contributed by atoms with van der Waals surface area (Å²) in [6.07, 6.45) is 3.62. The Morgan fingerprint density at radius 3 is 2.75 bits per heavy atom. The van der Waals surface area contributed by atoms with Crippen molar-refractivity contribution >= 4 is 26.7 Å². The van der Waals surface area contributed by atoms with E-state index in [-0.39, 0.29) is 0 Å². The predicted octanol–water partition coefficient (Wildman–Crippen LogP) is 3.34. The summed E-state index contributed by atoms with van der Waals surface area (Å²) in [7, 11) is 3.72. The topological polar surface area (TPSA) is 38.2 Å². The maximum Gasteiger partial charge on any atom is 0.186 e. The largest absolute Gasteiger partial charge is 0.494 e. The lowest BCUT2D eigenvalue weighted by Crippen LogP contribution is -2.15. The van der Waals surface area contributed by atoms with Crippen LogP contribution >= 0.6 is 11.3 Å². The zero-order chi connectivity index (χ0) is 13.9. The van der Waals surface area contributed by atoms with E-state index in [1.165, 1.54) is 5.56 Å². The second-order valence-electron chi connectivity index (χ2n) is 4.51. The molecule has 1 aromatic carbocycles. The Labute approximate surface area is 121 Å². The van der Waals surface area contributed by atoms with Gasteiger partial charge in [0.15, 0.2) is 5.13 Å². The molecule has 0 N–H and O–H groups in total. The molecule has 0 atom stereocenters. The third-order valence-electron chi connectivity index (χ3n) is 3.09. The number of nitrogens with zero attached hydrogens (tertiary/aromatic N) is 3. The summed E-state index contributed by atoms with van der Waals surface area (Å²) in [5.41, 5.74) is 2.14. The number of fused-ring (bicyclic) bond motifs is 1. The van der Waals surface area contributed by atoms with Crippen LogP contribution in [0, 0.1) is 0 Å². The monoisotopic (exact) mass is 285 g/mol. The molecule has 0 fully saturated rings. The highest BCUT2D eigenvalue weighted by Crippen LogP contribution is 2.33. The van der Waals surface area contributed by atoms with Gasteiger partial charge >= 0.3 is 0 Å². The fraction of sp³-hybridized carbons (Fsp3) is 0.200. The molecule has 3 rings (SSSR count). The summed E-state index contributed by atoms with van der Waals surface area (Å²) in [6, 6.07) is 10.0. The molecule has 0 bridgehead atoms. The first-order valence-electron chi connectivity index (χ1n) is 6.31. The van der Waals surface area contributed by atoms with Gasteiger partial charge in [-0.1, -0.05) is 17.4 Å². The minimum Gasteiger partial charge on any atom is -0.494 e. The molecule has 2 aromatic heterocycles. The number of ether oxygens (including phenoxy) is 1. The first kappa shape index (κ1) is 12.9. The maximum absolute atomic E-state index is 5.36. The average molecular weight is 285 g/mol. The van der Waals surface area contributed by atoms with Crippen LogP contribution in [0.15, 0.2) is 42.7 Å². The Kier molecular flexibility index (Phi) is 3.52. The molecule has 0 amide bonds. The highest BCUT2D eigenvalue weighted by Gasteiger charge is 2.11. The highest BCUT2D eigenvalue weighted by atomic mass is 32.1. The van der Waals surface area contributed by atoms with Gasteiger partial charge in [0.25, 0.3) is 0 Å². The van der Waals surface area contributed by atoms with Crippen LogP contribution in [0.3, 0.4) is 0 Å². The molecule has 0 aliphatic heterocycles. The molecule has 0 spiro atoms. The Morgan fingerprint density at radius 2 is 2.00 bits per heavy atom. The number of rotatable bonds is 4. The van der Waals surface area contributed by atoms with Crippen LogP contribution in [0.2, 0.25) is 0 Å². The van der Waals surface area contributed by atoms with Crippen molar-refractivity contribution in [2.75, 3.05) is 19.1 Å². The van der Waals surface area contributed by atoms with Crippen LogP contribution in [0.1, 0.15) is 5.56 Å². The van der Waals surface area contributed by atoms with Crippen molar-refractivity contribution in [3.8, 4) is 5.75 Å². The van der Waals surface area contributed by atoms with Gasteiger partial charge in [-0.05, 0) is 29.8 Å². The molecule has 102 valence electrons. The molecule has 20 heavy (non-hydrogen) atoms. The van der Waals surface area contributed by atoms with Crippen molar-refractivity contribution in [2.45, 2.75) is 6.54 Å². The van der Waals surface area contributed by atoms with Crippen LogP contribution in [0.25, 0.3) is 10.2 Å². The summed E-state index contributed by atoms with van der Waals surface area (Å²) in [5.74, 6) is 0.822. The van der Waals surface area contributed by atoms with E-state index in [2.05, 4.69) is 20.9 Å². The van der Waals surface area contributed by atoms with E-state index in [1.54, 1.807) is 18.4 Å². The minimum absolute atomic E-state index is 0.810. The maximum atomic E-state index is 5.36. The molecule has 5 heteroatoms. The highest BCUT2D eigenvalue weighted by molar-refractivity contribution is 7.22. The number of thiazole rings is 1. The number of benzene rings is 1. The van der Waals surface area contributed by atoms with E-state index in [9.17, 15) is 0 Å². The molecular formula is C15H15N3OS. The molecule has 2 heterocycles. The van der Waals surface area contributed by atoms with Crippen molar-refractivity contribution in [3.05, 3.63) is 48.3 Å². The Morgan fingerprint density at radius 1 is 1.20 bits per heavy atom. The first-order chi connectivity index (χ1) is 9.78. The smallest absolute Gasteiger partial charge is 0.186 e. The van der Waals surface area contributed by atoms with Gasteiger partial charge < -0.3 is 9.64 Å². The Bertz CT molecular complexity index is 711. The van der Waals surface area contributed by atoms with Gasteiger partial charge in [-0.3, -0.25) is 4.98 Å². The van der Waals surface area contributed by atoms with Gasteiger partial charge in [-0.2, -0.15) is 0 Å². The van der Waals surface area contributed by atoms with Gasteiger partial charge in [0, 0.05) is 26.0 Å². The fourth-order valence-electron chi connectivity index (χ4n) is 2.07. The van der Waals surface area contributed by atoms with Gasteiger partial charge in [0.05, 0.1) is 11.8 Å². The van der Waals surface area contributed by atoms with Gasteiger partial charge in [0.2, 0.25) is 0 Å². The number of anilines is 1. The fourth-order valence-corrected chi connectivity index (χ4v) is 3.01. The predicted molar refractivity (Wildman–Crippen MR) is 82.5 cm³/mol. The van der Waals surface area contributed by atoms with Gasteiger partial charge in [-0.25, -0.2) is 4.98 Å². The second kappa shape index (κ2) is 5.46. The zero-order valence-electron chi connectivity index (χ0n) is 11.4. The van der Waals surface area contributed by atoms with Crippen molar-refractivity contribution < 1.29 is 4.74 Å². The molecule has 0 aliphatic carbocycles. The molecular weight excluding hydrogens is 270 g/mol. The SMILES string of the molecule is COc1cccc2sc(N(C)Cc3ccncc3)nc12. The Hall–Kier alpha value is -2.14. The van der Waals surface area contributed by atoms with Gasteiger partial charge in [-0.15, -0.1) is 0 Å². The van der Waals surface area contributed by atoms with Crippen LogP contribution in [0.5, 0.6) is 5.75 Å².